The van der Waals surface area contributed by atoms with Crippen LogP contribution in [0.2, 0.25) is 0 Å². The van der Waals surface area contributed by atoms with Gasteiger partial charge in [0.05, 0.1) is 6.54 Å². The second kappa shape index (κ2) is 7.40. The molecule has 22 heavy (non-hydrogen) atoms. The number of aliphatic carboxylic acids is 1. The zero-order chi connectivity index (χ0) is 16.9. The standard InChI is InChI=1S/C15H19BrN2O4/c1-15(2,3)14(22)17-8-11(19)18-12(13(20)21)9-4-6-10(16)7-5-9/h4-7,12H,8H2,1-3H3,(H,17,22)(H,18,19)(H,20,21). The lowest BCUT2D eigenvalue weighted by atomic mass is 9.96. The molecular weight excluding hydrogens is 352 g/mol. The summed E-state index contributed by atoms with van der Waals surface area (Å²) in [6.07, 6.45) is 0. The van der Waals surface area contributed by atoms with Crippen molar-refractivity contribution in [1.82, 2.24) is 10.6 Å². The van der Waals surface area contributed by atoms with Crippen LogP contribution in [0, 0.1) is 5.41 Å². The van der Waals surface area contributed by atoms with Crippen LogP contribution >= 0.6 is 15.9 Å². The maximum atomic E-state index is 11.8. The minimum absolute atomic E-state index is 0.267. The molecule has 0 saturated carbocycles. The average molecular weight is 371 g/mol. The summed E-state index contributed by atoms with van der Waals surface area (Å²) in [5.41, 5.74) is -0.163. The number of benzene rings is 1. The van der Waals surface area contributed by atoms with Crippen LogP contribution in [0.5, 0.6) is 0 Å². The van der Waals surface area contributed by atoms with Gasteiger partial charge >= 0.3 is 5.97 Å². The van der Waals surface area contributed by atoms with E-state index in [-0.39, 0.29) is 12.5 Å². The molecule has 0 heterocycles. The van der Waals surface area contributed by atoms with Crippen LogP contribution < -0.4 is 10.6 Å². The van der Waals surface area contributed by atoms with Crippen LogP contribution in [-0.2, 0) is 14.4 Å². The van der Waals surface area contributed by atoms with Crippen LogP contribution in [0.4, 0.5) is 0 Å². The Kier molecular flexibility index (Phi) is 6.11. The molecule has 1 aromatic carbocycles. The maximum Gasteiger partial charge on any atom is 0.330 e. The first-order chi connectivity index (χ1) is 10.1. The number of nitrogens with one attached hydrogen (secondary N) is 2. The first-order valence-electron chi connectivity index (χ1n) is 6.67. The van der Waals surface area contributed by atoms with Crippen molar-refractivity contribution < 1.29 is 19.5 Å². The van der Waals surface area contributed by atoms with Crippen LogP contribution in [0.15, 0.2) is 28.7 Å². The van der Waals surface area contributed by atoms with Gasteiger partial charge < -0.3 is 15.7 Å². The van der Waals surface area contributed by atoms with E-state index in [0.29, 0.717) is 5.56 Å². The van der Waals surface area contributed by atoms with Crippen molar-refractivity contribution in [3.8, 4) is 0 Å². The fourth-order valence-electron chi connectivity index (χ4n) is 1.58. The Morgan fingerprint density at radius 3 is 2.18 bits per heavy atom. The van der Waals surface area contributed by atoms with E-state index >= 15 is 0 Å². The molecule has 0 fully saturated rings. The number of hydrogen-bond acceptors (Lipinski definition) is 3. The number of carbonyl (C=O) groups excluding carboxylic acids is 2. The van der Waals surface area contributed by atoms with Gasteiger partial charge in [0.1, 0.15) is 0 Å². The van der Waals surface area contributed by atoms with Gasteiger partial charge in [-0.1, -0.05) is 48.8 Å². The van der Waals surface area contributed by atoms with Crippen molar-refractivity contribution in [1.29, 1.82) is 0 Å². The number of hydrogen-bond donors (Lipinski definition) is 3. The largest absolute Gasteiger partial charge is 0.479 e. The molecule has 0 bridgehead atoms. The van der Waals surface area contributed by atoms with Gasteiger partial charge in [-0.05, 0) is 17.7 Å². The first kappa shape index (κ1) is 18.2. The van der Waals surface area contributed by atoms with Gasteiger partial charge in [0.25, 0.3) is 0 Å². The number of carboxylic acids is 1. The molecule has 3 N–H and O–H groups in total. The molecule has 1 aromatic rings. The predicted octanol–water partition coefficient (Wildman–Crippen LogP) is 1.85. The summed E-state index contributed by atoms with van der Waals surface area (Å²) in [5, 5.41) is 14.1. The van der Waals surface area contributed by atoms with Gasteiger partial charge in [-0.2, -0.15) is 0 Å². The number of amides is 2. The molecule has 0 aliphatic heterocycles. The van der Waals surface area contributed by atoms with E-state index < -0.39 is 23.3 Å². The van der Waals surface area contributed by atoms with Gasteiger partial charge in [0.2, 0.25) is 11.8 Å². The lowest BCUT2D eigenvalue weighted by molar-refractivity contribution is -0.142. The van der Waals surface area contributed by atoms with Crippen LogP contribution in [0.3, 0.4) is 0 Å². The normalized spacial score (nSPS) is 12.4. The Morgan fingerprint density at radius 2 is 1.73 bits per heavy atom. The van der Waals surface area contributed by atoms with E-state index in [4.69, 9.17) is 0 Å². The molecule has 0 radical (unpaired) electrons. The minimum atomic E-state index is -1.17. The third-order valence-corrected chi connectivity index (χ3v) is 3.37. The van der Waals surface area contributed by atoms with Crippen molar-refractivity contribution in [3.63, 3.8) is 0 Å². The van der Waals surface area contributed by atoms with Gasteiger partial charge in [0, 0.05) is 9.89 Å². The number of halogens is 1. The molecule has 0 spiro atoms. The average Bonchev–Trinajstić information content (AvgIpc) is 2.42. The zero-order valence-corrected chi connectivity index (χ0v) is 14.2. The van der Waals surface area contributed by atoms with E-state index in [1.54, 1.807) is 45.0 Å². The van der Waals surface area contributed by atoms with Crippen molar-refractivity contribution in [3.05, 3.63) is 34.3 Å². The summed E-state index contributed by atoms with van der Waals surface area (Å²) in [4.78, 5) is 34.8. The lowest BCUT2D eigenvalue weighted by Gasteiger charge is -2.19. The predicted molar refractivity (Wildman–Crippen MR) is 85.1 cm³/mol. The Morgan fingerprint density at radius 1 is 1.18 bits per heavy atom. The molecule has 6 nitrogen and oxygen atoms in total. The Hall–Kier alpha value is -1.89. The smallest absolute Gasteiger partial charge is 0.330 e. The van der Waals surface area contributed by atoms with E-state index in [9.17, 15) is 19.5 Å². The summed E-state index contributed by atoms with van der Waals surface area (Å²) in [5.74, 6) is -2.01. The Balaban J connectivity index is 2.68. The summed E-state index contributed by atoms with van der Waals surface area (Å²) in [6, 6.07) is 5.44. The van der Waals surface area contributed by atoms with Gasteiger partial charge in [-0.3, -0.25) is 9.59 Å². The van der Waals surface area contributed by atoms with E-state index in [2.05, 4.69) is 26.6 Å². The third-order valence-electron chi connectivity index (χ3n) is 2.85. The van der Waals surface area contributed by atoms with Gasteiger partial charge in [0.15, 0.2) is 6.04 Å². The van der Waals surface area contributed by atoms with Gasteiger partial charge in [-0.15, -0.1) is 0 Å². The molecule has 1 atom stereocenters. The second-order valence-electron chi connectivity index (χ2n) is 5.82. The Labute approximate surface area is 137 Å². The topological polar surface area (TPSA) is 95.5 Å². The molecule has 1 rings (SSSR count). The van der Waals surface area contributed by atoms with Crippen molar-refractivity contribution in [2.24, 2.45) is 5.41 Å². The molecule has 7 heteroatoms. The number of carbonyl (C=O) groups is 3. The van der Waals surface area contributed by atoms with E-state index in [1.165, 1.54) is 0 Å². The number of carboxylic acid groups (broad SMARTS) is 1. The van der Waals surface area contributed by atoms with Gasteiger partial charge in [-0.25, -0.2) is 4.79 Å². The molecule has 120 valence electrons. The second-order valence-corrected chi connectivity index (χ2v) is 6.74. The highest BCUT2D eigenvalue weighted by Crippen LogP contribution is 2.17. The summed E-state index contributed by atoms with van der Waals surface area (Å²) >= 11 is 3.26. The van der Waals surface area contributed by atoms with Crippen molar-refractivity contribution in [2.45, 2.75) is 26.8 Å². The monoisotopic (exact) mass is 370 g/mol. The molecule has 1 unspecified atom stereocenters. The molecular formula is C15H19BrN2O4. The first-order valence-corrected chi connectivity index (χ1v) is 7.46. The molecule has 0 aliphatic carbocycles. The minimum Gasteiger partial charge on any atom is -0.479 e. The molecule has 0 aromatic heterocycles. The highest BCUT2D eigenvalue weighted by atomic mass is 79.9. The molecule has 0 aliphatic rings. The van der Waals surface area contributed by atoms with E-state index in [0.717, 1.165) is 4.47 Å². The molecule has 2 amide bonds. The maximum absolute atomic E-state index is 11.8. The highest BCUT2D eigenvalue weighted by molar-refractivity contribution is 9.10. The van der Waals surface area contributed by atoms with Crippen LogP contribution in [0.1, 0.15) is 32.4 Å². The SMILES string of the molecule is CC(C)(C)C(=O)NCC(=O)NC(C(=O)O)c1ccc(Br)cc1. The highest BCUT2D eigenvalue weighted by Gasteiger charge is 2.24. The quantitative estimate of drug-likeness (QED) is 0.736. The van der Waals surface area contributed by atoms with Crippen LogP contribution in [-0.4, -0.2) is 29.4 Å². The lowest BCUT2D eigenvalue weighted by Crippen LogP contribution is -2.43. The Bertz CT molecular complexity index is 564. The van der Waals surface area contributed by atoms with E-state index in [1.807, 2.05) is 0 Å². The summed E-state index contributed by atoms with van der Waals surface area (Å²) in [6.45, 7) is 4.91. The van der Waals surface area contributed by atoms with Crippen LogP contribution in [0.25, 0.3) is 0 Å². The van der Waals surface area contributed by atoms with Crippen molar-refractivity contribution >= 4 is 33.7 Å². The fraction of sp³-hybridized carbons (Fsp3) is 0.400. The summed E-state index contributed by atoms with van der Waals surface area (Å²) < 4.78 is 0.809. The summed E-state index contributed by atoms with van der Waals surface area (Å²) in [7, 11) is 0. The number of rotatable bonds is 5. The van der Waals surface area contributed by atoms with Crippen molar-refractivity contribution in [2.75, 3.05) is 6.54 Å². The third kappa shape index (κ3) is 5.48. The molecule has 0 saturated heterocycles. The zero-order valence-electron chi connectivity index (χ0n) is 12.6. The fourth-order valence-corrected chi connectivity index (χ4v) is 1.84.